The minimum atomic E-state index is -0.431. The van der Waals surface area contributed by atoms with E-state index in [9.17, 15) is 9.90 Å². The number of aliphatic imine (C=N–C) groups is 1. The Morgan fingerprint density at radius 1 is 1.43 bits per heavy atom. The Balaban J connectivity index is 2.00. The molecule has 6 heteroatoms. The van der Waals surface area contributed by atoms with Crippen LogP contribution in [0.5, 0.6) is 5.75 Å². The number of hydrogen-bond donors (Lipinski definition) is 2. The van der Waals surface area contributed by atoms with Crippen molar-refractivity contribution in [2.45, 2.75) is 19.3 Å². The number of fused-ring (bicyclic) bond motifs is 1. The molecule has 1 heterocycles. The number of primary amides is 1. The number of phenols is 1. The van der Waals surface area contributed by atoms with Gasteiger partial charge in [0.25, 0.3) is 5.91 Å². The molecule has 4 nitrogen and oxygen atoms in total. The molecule has 108 valence electrons. The van der Waals surface area contributed by atoms with Crippen LogP contribution in [0.25, 0.3) is 0 Å². The van der Waals surface area contributed by atoms with Crippen molar-refractivity contribution >= 4 is 44.4 Å². The summed E-state index contributed by atoms with van der Waals surface area (Å²) < 4.78 is 0.852. The van der Waals surface area contributed by atoms with Gasteiger partial charge in [0.2, 0.25) is 0 Å². The summed E-state index contributed by atoms with van der Waals surface area (Å²) in [6.45, 7) is 0. The van der Waals surface area contributed by atoms with Crippen LogP contribution < -0.4 is 5.73 Å². The molecule has 2 aromatic rings. The Hall–Kier alpha value is -1.66. The summed E-state index contributed by atoms with van der Waals surface area (Å²) in [7, 11) is 0. The first kappa shape index (κ1) is 14.3. The van der Waals surface area contributed by atoms with Gasteiger partial charge in [-0.2, -0.15) is 0 Å². The predicted molar refractivity (Wildman–Crippen MR) is 87.9 cm³/mol. The van der Waals surface area contributed by atoms with Gasteiger partial charge in [-0.1, -0.05) is 15.9 Å². The van der Waals surface area contributed by atoms with Crippen LogP contribution in [0.1, 0.15) is 32.8 Å². The van der Waals surface area contributed by atoms with Crippen LogP contribution in [0.15, 0.2) is 27.7 Å². The van der Waals surface area contributed by atoms with Crippen molar-refractivity contribution in [2.24, 2.45) is 10.7 Å². The van der Waals surface area contributed by atoms with E-state index >= 15 is 0 Å². The molecule has 1 aliphatic rings. The number of benzene rings is 1. The summed E-state index contributed by atoms with van der Waals surface area (Å²) in [5.74, 6) is -0.285. The molecule has 0 unspecified atom stereocenters. The molecule has 0 spiro atoms. The number of hydrogen-bond acceptors (Lipinski definition) is 4. The van der Waals surface area contributed by atoms with E-state index < -0.39 is 5.91 Å². The summed E-state index contributed by atoms with van der Waals surface area (Å²) >= 11 is 4.87. The lowest BCUT2D eigenvalue weighted by molar-refractivity contribution is 0.100. The van der Waals surface area contributed by atoms with Crippen molar-refractivity contribution in [1.82, 2.24) is 0 Å². The third kappa shape index (κ3) is 2.73. The van der Waals surface area contributed by atoms with Crippen LogP contribution in [0, 0.1) is 0 Å². The van der Waals surface area contributed by atoms with E-state index in [1.165, 1.54) is 16.2 Å². The minimum absolute atomic E-state index is 0.145. The van der Waals surface area contributed by atoms with Gasteiger partial charge in [-0.25, -0.2) is 4.99 Å². The fourth-order valence-electron chi connectivity index (χ4n) is 2.49. The first-order valence-electron chi connectivity index (χ1n) is 6.53. The van der Waals surface area contributed by atoms with E-state index in [0.29, 0.717) is 16.1 Å². The average molecular weight is 365 g/mol. The summed E-state index contributed by atoms with van der Waals surface area (Å²) in [6.07, 6.45) is 4.51. The molecule has 3 N–H and O–H groups in total. The Kier molecular flexibility index (Phi) is 3.82. The molecule has 0 atom stereocenters. The lowest BCUT2D eigenvalue weighted by Crippen LogP contribution is -2.12. The first-order chi connectivity index (χ1) is 10.1. The second-order valence-corrected chi connectivity index (χ2v) is 6.86. The van der Waals surface area contributed by atoms with E-state index in [4.69, 9.17) is 5.73 Å². The quantitative estimate of drug-likeness (QED) is 0.817. The third-order valence-corrected chi connectivity index (χ3v) is 5.15. The van der Waals surface area contributed by atoms with Gasteiger partial charge in [-0.05, 0) is 43.0 Å². The Labute approximate surface area is 134 Å². The highest BCUT2D eigenvalue weighted by molar-refractivity contribution is 9.10. The number of amides is 1. The van der Waals surface area contributed by atoms with Crippen LogP contribution in [-0.2, 0) is 12.8 Å². The van der Waals surface area contributed by atoms with Gasteiger partial charge in [0.05, 0.1) is 5.56 Å². The second-order valence-electron chi connectivity index (χ2n) is 4.86. The summed E-state index contributed by atoms with van der Waals surface area (Å²) in [6, 6.07) is 5.11. The minimum Gasteiger partial charge on any atom is -0.507 e. The summed E-state index contributed by atoms with van der Waals surface area (Å²) in [4.78, 5) is 17.3. The highest BCUT2D eigenvalue weighted by atomic mass is 79.9. The van der Waals surface area contributed by atoms with E-state index in [1.807, 2.05) is 0 Å². The molecule has 0 saturated heterocycles. The Morgan fingerprint density at radius 3 is 3.00 bits per heavy atom. The number of halogens is 1. The van der Waals surface area contributed by atoms with Crippen LogP contribution in [0.4, 0.5) is 5.00 Å². The zero-order valence-electron chi connectivity index (χ0n) is 11.1. The zero-order chi connectivity index (χ0) is 15.0. The Bertz CT molecular complexity index is 752. The normalized spacial score (nSPS) is 13.8. The number of nitrogens with zero attached hydrogens (tertiary/aromatic N) is 1. The van der Waals surface area contributed by atoms with Crippen molar-refractivity contribution in [2.75, 3.05) is 0 Å². The first-order valence-corrected chi connectivity index (χ1v) is 8.14. The standard InChI is InChI=1S/C15H13BrN2O2S/c16-9-4-5-11(19)8(6-9)7-18-15-13(14(17)20)10-2-1-3-12(10)21-15/h4-7,19H,1-3H2,(H2,17,20)/b18-7+. The van der Waals surface area contributed by atoms with Gasteiger partial charge in [0, 0.05) is 21.1 Å². The SMILES string of the molecule is NC(=O)c1c(/N=C/c2cc(Br)ccc2O)sc2c1CCC2. The van der Waals surface area contributed by atoms with Crippen LogP contribution in [0.3, 0.4) is 0 Å². The molecule has 0 bridgehead atoms. The van der Waals surface area contributed by atoms with E-state index in [1.54, 1.807) is 24.4 Å². The van der Waals surface area contributed by atoms with Gasteiger partial charge in [0.1, 0.15) is 10.8 Å². The molecule has 0 fully saturated rings. The third-order valence-electron chi connectivity index (χ3n) is 3.46. The molecule has 1 amide bonds. The molecule has 0 saturated carbocycles. The predicted octanol–water partition coefficient (Wildman–Crippen LogP) is 3.55. The fourth-order valence-corrected chi connectivity index (χ4v) is 4.11. The number of rotatable bonds is 3. The fraction of sp³-hybridized carbons (Fsp3) is 0.200. The zero-order valence-corrected chi connectivity index (χ0v) is 13.5. The van der Waals surface area contributed by atoms with Crippen LogP contribution in [0.2, 0.25) is 0 Å². The maximum atomic E-state index is 11.7. The van der Waals surface area contributed by atoms with E-state index in [0.717, 1.165) is 29.3 Å². The lowest BCUT2D eigenvalue weighted by atomic mass is 10.1. The van der Waals surface area contributed by atoms with Crippen molar-refractivity contribution in [1.29, 1.82) is 0 Å². The molecule has 0 radical (unpaired) electrons. The maximum Gasteiger partial charge on any atom is 0.252 e. The van der Waals surface area contributed by atoms with Crippen molar-refractivity contribution < 1.29 is 9.90 Å². The Morgan fingerprint density at radius 2 is 2.24 bits per heavy atom. The van der Waals surface area contributed by atoms with Crippen molar-refractivity contribution in [3.63, 3.8) is 0 Å². The maximum absolute atomic E-state index is 11.7. The van der Waals surface area contributed by atoms with Gasteiger partial charge in [-0.15, -0.1) is 11.3 Å². The molecule has 3 rings (SSSR count). The molecule has 1 aliphatic carbocycles. The van der Waals surface area contributed by atoms with Crippen molar-refractivity contribution in [3.8, 4) is 5.75 Å². The molecule has 21 heavy (non-hydrogen) atoms. The number of carbonyl (C=O) groups excluding carboxylic acids is 1. The number of phenolic OH excluding ortho intramolecular Hbond substituents is 1. The highest BCUT2D eigenvalue weighted by Gasteiger charge is 2.24. The highest BCUT2D eigenvalue weighted by Crippen LogP contribution is 2.40. The van der Waals surface area contributed by atoms with E-state index in [2.05, 4.69) is 20.9 Å². The number of thiophene rings is 1. The number of aryl methyl sites for hydroxylation is 1. The van der Waals surface area contributed by atoms with Gasteiger partial charge >= 0.3 is 0 Å². The number of nitrogens with two attached hydrogens (primary N) is 1. The summed E-state index contributed by atoms with van der Waals surface area (Å²) in [5, 5.41) is 10.4. The van der Waals surface area contributed by atoms with Gasteiger partial charge in [-0.3, -0.25) is 4.79 Å². The topological polar surface area (TPSA) is 75.7 Å². The average Bonchev–Trinajstić information content (AvgIpc) is 2.99. The second kappa shape index (κ2) is 5.61. The molecular formula is C15H13BrN2O2S. The number of aromatic hydroxyl groups is 1. The lowest BCUT2D eigenvalue weighted by Gasteiger charge is -2.00. The van der Waals surface area contributed by atoms with Crippen LogP contribution >= 0.6 is 27.3 Å². The molecular weight excluding hydrogens is 352 g/mol. The molecule has 1 aromatic carbocycles. The largest absolute Gasteiger partial charge is 0.507 e. The van der Waals surface area contributed by atoms with E-state index in [-0.39, 0.29) is 5.75 Å². The van der Waals surface area contributed by atoms with Crippen LogP contribution in [-0.4, -0.2) is 17.2 Å². The molecule has 1 aromatic heterocycles. The molecule has 0 aliphatic heterocycles. The summed E-state index contributed by atoms with van der Waals surface area (Å²) in [5.41, 5.74) is 7.68. The number of carbonyl (C=O) groups is 1. The smallest absolute Gasteiger partial charge is 0.252 e. The monoisotopic (exact) mass is 364 g/mol. The van der Waals surface area contributed by atoms with Crippen molar-refractivity contribution in [3.05, 3.63) is 44.2 Å². The van der Waals surface area contributed by atoms with Gasteiger partial charge < -0.3 is 10.8 Å². The van der Waals surface area contributed by atoms with Gasteiger partial charge in [0.15, 0.2) is 0 Å².